The summed E-state index contributed by atoms with van der Waals surface area (Å²) in [6.45, 7) is 4.34. The van der Waals surface area contributed by atoms with Crippen molar-refractivity contribution >= 4 is 28.5 Å². The molecular formula is C21H22ClNO2. The predicted octanol–water partition coefficient (Wildman–Crippen LogP) is 5.41. The SMILES string of the molecule is CCOC(=O)[C@H]1CCc2[nH]c3ccc(Cl)cc3c21.Cc1ccccc1. The third-order valence-corrected chi connectivity index (χ3v) is 4.66. The average Bonchev–Trinajstić information content (AvgIpc) is 3.16. The van der Waals surface area contributed by atoms with E-state index in [1.807, 2.05) is 43.3 Å². The summed E-state index contributed by atoms with van der Waals surface area (Å²) in [7, 11) is 0. The Morgan fingerprint density at radius 3 is 2.64 bits per heavy atom. The molecule has 1 heterocycles. The molecule has 0 bridgehead atoms. The zero-order valence-corrected chi connectivity index (χ0v) is 15.3. The number of aromatic nitrogens is 1. The third kappa shape index (κ3) is 3.88. The zero-order valence-electron chi connectivity index (χ0n) is 14.5. The molecule has 0 amide bonds. The van der Waals surface area contributed by atoms with Crippen LogP contribution in [0.15, 0.2) is 48.5 Å². The normalized spacial score (nSPS) is 15.4. The lowest BCUT2D eigenvalue weighted by atomic mass is 10.0. The number of benzene rings is 2. The van der Waals surface area contributed by atoms with E-state index in [0.29, 0.717) is 11.6 Å². The molecule has 2 aromatic carbocycles. The largest absolute Gasteiger partial charge is 0.466 e. The Hall–Kier alpha value is -2.26. The Morgan fingerprint density at radius 1 is 1.24 bits per heavy atom. The minimum Gasteiger partial charge on any atom is -0.466 e. The predicted molar refractivity (Wildman–Crippen MR) is 102 cm³/mol. The minimum absolute atomic E-state index is 0.128. The molecule has 130 valence electrons. The molecule has 4 heteroatoms. The number of rotatable bonds is 2. The van der Waals surface area contributed by atoms with Crippen LogP contribution in [0.3, 0.4) is 0 Å². The second-order valence-corrected chi connectivity index (χ2v) is 6.64. The van der Waals surface area contributed by atoms with E-state index in [1.54, 1.807) is 0 Å². The van der Waals surface area contributed by atoms with Crippen LogP contribution in [-0.2, 0) is 16.0 Å². The first kappa shape index (κ1) is 17.6. The summed E-state index contributed by atoms with van der Waals surface area (Å²) in [5.41, 5.74) is 4.58. The van der Waals surface area contributed by atoms with Gasteiger partial charge >= 0.3 is 5.97 Å². The van der Waals surface area contributed by atoms with Crippen LogP contribution in [0.1, 0.15) is 36.1 Å². The molecule has 1 aliphatic carbocycles. The van der Waals surface area contributed by atoms with Crippen LogP contribution in [0.5, 0.6) is 0 Å². The van der Waals surface area contributed by atoms with Gasteiger partial charge in [-0.15, -0.1) is 0 Å². The lowest BCUT2D eigenvalue weighted by Crippen LogP contribution is -2.13. The van der Waals surface area contributed by atoms with E-state index in [4.69, 9.17) is 16.3 Å². The zero-order chi connectivity index (χ0) is 17.8. The summed E-state index contributed by atoms with van der Waals surface area (Å²) in [4.78, 5) is 15.3. The quantitative estimate of drug-likeness (QED) is 0.624. The van der Waals surface area contributed by atoms with Gasteiger partial charge < -0.3 is 9.72 Å². The molecular weight excluding hydrogens is 334 g/mol. The smallest absolute Gasteiger partial charge is 0.313 e. The van der Waals surface area contributed by atoms with Gasteiger partial charge in [-0.2, -0.15) is 0 Å². The molecule has 0 unspecified atom stereocenters. The fraction of sp³-hybridized carbons (Fsp3) is 0.286. The molecule has 0 saturated heterocycles. The highest BCUT2D eigenvalue weighted by atomic mass is 35.5. The van der Waals surface area contributed by atoms with Gasteiger partial charge in [-0.3, -0.25) is 4.79 Å². The monoisotopic (exact) mass is 355 g/mol. The maximum Gasteiger partial charge on any atom is 0.313 e. The fourth-order valence-electron chi connectivity index (χ4n) is 3.28. The highest BCUT2D eigenvalue weighted by molar-refractivity contribution is 6.31. The van der Waals surface area contributed by atoms with Crippen LogP contribution in [0.25, 0.3) is 10.9 Å². The Labute approximate surface area is 153 Å². The molecule has 0 fully saturated rings. The van der Waals surface area contributed by atoms with Crippen molar-refractivity contribution in [2.45, 2.75) is 32.6 Å². The van der Waals surface area contributed by atoms with Crippen LogP contribution in [0, 0.1) is 6.92 Å². The van der Waals surface area contributed by atoms with E-state index in [9.17, 15) is 4.79 Å². The van der Waals surface area contributed by atoms with Gasteiger partial charge in [0.1, 0.15) is 0 Å². The first-order valence-corrected chi connectivity index (χ1v) is 8.96. The molecule has 1 aliphatic rings. The maximum atomic E-state index is 12.0. The van der Waals surface area contributed by atoms with E-state index in [-0.39, 0.29) is 11.9 Å². The number of fused-ring (bicyclic) bond motifs is 3. The summed E-state index contributed by atoms with van der Waals surface area (Å²) >= 11 is 6.04. The number of nitrogens with one attached hydrogen (secondary N) is 1. The number of H-pyrrole nitrogens is 1. The van der Waals surface area contributed by atoms with Crippen molar-refractivity contribution in [3.8, 4) is 0 Å². The highest BCUT2D eigenvalue weighted by Gasteiger charge is 2.33. The van der Waals surface area contributed by atoms with Gasteiger partial charge in [-0.05, 0) is 50.5 Å². The van der Waals surface area contributed by atoms with Crippen molar-refractivity contribution < 1.29 is 9.53 Å². The van der Waals surface area contributed by atoms with Crippen molar-refractivity contribution in [1.82, 2.24) is 4.98 Å². The van der Waals surface area contributed by atoms with Gasteiger partial charge in [0, 0.05) is 21.6 Å². The Morgan fingerprint density at radius 2 is 2.00 bits per heavy atom. The van der Waals surface area contributed by atoms with Crippen LogP contribution in [0.4, 0.5) is 0 Å². The van der Waals surface area contributed by atoms with Gasteiger partial charge in [0.25, 0.3) is 0 Å². The van der Waals surface area contributed by atoms with Crippen molar-refractivity contribution in [3.63, 3.8) is 0 Å². The molecule has 4 rings (SSSR count). The number of hydrogen-bond donors (Lipinski definition) is 1. The average molecular weight is 356 g/mol. The van der Waals surface area contributed by atoms with Gasteiger partial charge in [0.15, 0.2) is 0 Å². The van der Waals surface area contributed by atoms with E-state index in [1.165, 1.54) is 5.56 Å². The number of halogens is 1. The first-order chi connectivity index (χ1) is 12.1. The summed E-state index contributed by atoms with van der Waals surface area (Å²) in [5.74, 6) is -0.274. The summed E-state index contributed by atoms with van der Waals surface area (Å²) < 4.78 is 5.15. The Bertz CT molecular complexity index is 870. The number of hydrogen-bond acceptors (Lipinski definition) is 2. The van der Waals surface area contributed by atoms with E-state index in [2.05, 4.69) is 24.0 Å². The van der Waals surface area contributed by atoms with Crippen LogP contribution >= 0.6 is 11.6 Å². The third-order valence-electron chi connectivity index (χ3n) is 4.43. The van der Waals surface area contributed by atoms with Crippen LogP contribution in [0.2, 0.25) is 5.02 Å². The first-order valence-electron chi connectivity index (χ1n) is 8.58. The van der Waals surface area contributed by atoms with Gasteiger partial charge in [0.05, 0.1) is 12.5 Å². The molecule has 1 atom stereocenters. The Kier molecular flexibility index (Phi) is 5.44. The molecule has 0 radical (unpaired) electrons. The molecule has 3 aromatic rings. The van der Waals surface area contributed by atoms with E-state index >= 15 is 0 Å². The van der Waals surface area contributed by atoms with Gasteiger partial charge in [-0.25, -0.2) is 0 Å². The van der Waals surface area contributed by atoms with Gasteiger partial charge in [-0.1, -0.05) is 47.5 Å². The highest BCUT2D eigenvalue weighted by Crippen LogP contribution is 2.39. The number of esters is 1. The minimum atomic E-state index is -0.146. The van der Waals surface area contributed by atoms with E-state index in [0.717, 1.165) is 35.0 Å². The second kappa shape index (κ2) is 7.75. The number of aryl methyl sites for hydroxylation is 2. The fourth-order valence-corrected chi connectivity index (χ4v) is 3.45. The number of carbonyl (C=O) groups excluding carboxylic acids is 1. The standard InChI is InChI=1S/C14H14ClNO2.C7H8/c1-2-18-14(17)9-4-6-12-13(9)10-7-8(15)3-5-11(10)16-12;1-7-5-3-2-4-6-7/h3,5,7,9,16H,2,4,6H2,1H3;2-6H,1H3/t9-;/m0./s1. The molecule has 0 spiro atoms. The van der Waals surface area contributed by atoms with E-state index < -0.39 is 0 Å². The topological polar surface area (TPSA) is 42.1 Å². The molecule has 3 nitrogen and oxygen atoms in total. The Balaban J connectivity index is 0.000000219. The van der Waals surface area contributed by atoms with Crippen molar-refractivity contribution in [2.75, 3.05) is 6.61 Å². The molecule has 25 heavy (non-hydrogen) atoms. The van der Waals surface area contributed by atoms with Crippen molar-refractivity contribution in [2.24, 2.45) is 0 Å². The second-order valence-electron chi connectivity index (χ2n) is 6.21. The van der Waals surface area contributed by atoms with Crippen LogP contribution < -0.4 is 0 Å². The summed E-state index contributed by atoms with van der Waals surface area (Å²) in [6, 6.07) is 16.0. The molecule has 1 aromatic heterocycles. The van der Waals surface area contributed by atoms with Crippen molar-refractivity contribution in [1.29, 1.82) is 0 Å². The number of ether oxygens (including phenoxy) is 1. The molecule has 1 N–H and O–H groups in total. The van der Waals surface area contributed by atoms with Crippen LogP contribution in [-0.4, -0.2) is 17.6 Å². The van der Waals surface area contributed by atoms with Crippen molar-refractivity contribution in [3.05, 3.63) is 70.4 Å². The summed E-state index contributed by atoms with van der Waals surface area (Å²) in [5, 5.41) is 1.74. The lowest BCUT2D eigenvalue weighted by Gasteiger charge is -2.09. The maximum absolute atomic E-state index is 12.0. The van der Waals surface area contributed by atoms with Gasteiger partial charge in [0.2, 0.25) is 0 Å². The number of carbonyl (C=O) groups is 1. The molecule has 0 saturated carbocycles. The molecule has 0 aliphatic heterocycles. The lowest BCUT2D eigenvalue weighted by molar-refractivity contribution is -0.144. The summed E-state index contributed by atoms with van der Waals surface area (Å²) in [6.07, 6.45) is 1.72. The number of aromatic amines is 1.